The van der Waals surface area contributed by atoms with Gasteiger partial charge in [-0.15, -0.1) is 0 Å². The number of hydrogen-bond donors (Lipinski definition) is 2. The van der Waals surface area contributed by atoms with Crippen LogP contribution in [-0.4, -0.2) is 55.4 Å². The van der Waals surface area contributed by atoms with Crippen molar-refractivity contribution in [3.63, 3.8) is 0 Å². The predicted octanol–water partition coefficient (Wildman–Crippen LogP) is 0.799. The van der Waals surface area contributed by atoms with E-state index in [9.17, 15) is 13.5 Å². The minimum atomic E-state index is -3.25. The smallest absolute Gasteiger partial charge is 0.214 e. The van der Waals surface area contributed by atoms with E-state index in [2.05, 4.69) is 5.32 Å². The first-order valence-electron chi connectivity index (χ1n) is 7.15. The zero-order valence-corrected chi connectivity index (χ0v) is 13.2. The summed E-state index contributed by atoms with van der Waals surface area (Å²) in [6.45, 7) is 7.65. The predicted molar refractivity (Wildman–Crippen MR) is 77.5 cm³/mol. The number of sulfonamides is 1. The van der Waals surface area contributed by atoms with Crippen molar-refractivity contribution in [3.05, 3.63) is 0 Å². The highest BCUT2D eigenvalue weighted by molar-refractivity contribution is 7.89. The summed E-state index contributed by atoms with van der Waals surface area (Å²) in [5.41, 5.74) is -0.988. The molecule has 0 saturated carbocycles. The molecule has 6 heteroatoms. The van der Waals surface area contributed by atoms with E-state index < -0.39 is 15.6 Å². The van der Waals surface area contributed by atoms with Crippen LogP contribution in [0.5, 0.6) is 0 Å². The van der Waals surface area contributed by atoms with Crippen molar-refractivity contribution in [2.45, 2.75) is 45.6 Å². The van der Waals surface area contributed by atoms with Crippen LogP contribution in [0.1, 0.15) is 40.0 Å². The van der Waals surface area contributed by atoms with Gasteiger partial charge in [-0.1, -0.05) is 6.92 Å². The van der Waals surface area contributed by atoms with Gasteiger partial charge in [0.1, 0.15) is 0 Å². The first-order valence-corrected chi connectivity index (χ1v) is 8.76. The number of aliphatic hydroxyl groups is 1. The Balaban J connectivity index is 2.52. The van der Waals surface area contributed by atoms with Crippen LogP contribution < -0.4 is 5.32 Å². The Labute approximate surface area is 117 Å². The van der Waals surface area contributed by atoms with E-state index in [0.29, 0.717) is 12.5 Å². The third-order valence-electron chi connectivity index (χ3n) is 3.55. The lowest BCUT2D eigenvalue weighted by Crippen LogP contribution is -2.43. The summed E-state index contributed by atoms with van der Waals surface area (Å²) in [5.74, 6) is 0.707. The molecule has 1 fully saturated rings. The van der Waals surface area contributed by atoms with Crippen LogP contribution in [0.3, 0.4) is 0 Å². The highest BCUT2D eigenvalue weighted by atomic mass is 32.2. The fourth-order valence-electron chi connectivity index (χ4n) is 2.45. The second-order valence-corrected chi connectivity index (χ2v) is 8.13. The second kappa shape index (κ2) is 7.02. The van der Waals surface area contributed by atoms with Crippen LogP contribution in [0, 0.1) is 5.92 Å². The van der Waals surface area contributed by atoms with E-state index in [1.54, 1.807) is 13.8 Å². The largest absolute Gasteiger partial charge is 0.389 e. The Kier molecular flexibility index (Phi) is 6.23. The molecule has 1 aliphatic rings. The molecular formula is C13H28N2O3S. The Hall–Kier alpha value is -0.170. The van der Waals surface area contributed by atoms with Gasteiger partial charge in [0.2, 0.25) is 10.0 Å². The Morgan fingerprint density at radius 2 is 1.89 bits per heavy atom. The normalized spacial score (nSPS) is 19.0. The summed E-state index contributed by atoms with van der Waals surface area (Å²) >= 11 is 0. The summed E-state index contributed by atoms with van der Waals surface area (Å²) < 4.78 is 26.0. The van der Waals surface area contributed by atoms with E-state index in [1.165, 1.54) is 4.31 Å². The quantitative estimate of drug-likeness (QED) is 0.728. The topological polar surface area (TPSA) is 69.6 Å². The van der Waals surface area contributed by atoms with E-state index in [1.807, 2.05) is 6.92 Å². The molecule has 1 aliphatic heterocycles. The van der Waals surface area contributed by atoms with Gasteiger partial charge in [0.15, 0.2) is 0 Å². The molecule has 0 atom stereocenters. The average Bonchev–Trinajstić information content (AvgIpc) is 2.34. The van der Waals surface area contributed by atoms with E-state index in [-0.39, 0.29) is 12.3 Å². The van der Waals surface area contributed by atoms with Gasteiger partial charge in [0.05, 0.1) is 11.4 Å². The molecule has 114 valence electrons. The molecule has 0 bridgehead atoms. The van der Waals surface area contributed by atoms with Crippen molar-refractivity contribution in [3.8, 4) is 0 Å². The van der Waals surface area contributed by atoms with Gasteiger partial charge in [0, 0.05) is 13.1 Å². The lowest BCUT2D eigenvalue weighted by atomic mass is 9.96. The minimum Gasteiger partial charge on any atom is -0.389 e. The van der Waals surface area contributed by atoms with Gasteiger partial charge < -0.3 is 10.4 Å². The number of piperidine rings is 1. The van der Waals surface area contributed by atoms with Crippen molar-refractivity contribution in [1.29, 1.82) is 0 Å². The summed E-state index contributed by atoms with van der Waals surface area (Å²) in [5, 5.41) is 13.1. The van der Waals surface area contributed by atoms with Crippen molar-refractivity contribution >= 4 is 10.0 Å². The molecular weight excluding hydrogens is 264 g/mol. The highest BCUT2D eigenvalue weighted by Gasteiger charge is 2.27. The maximum atomic E-state index is 12.3. The number of hydrogen-bond acceptors (Lipinski definition) is 4. The minimum absolute atomic E-state index is 0.165. The summed E-state index contributed by atoms with van der Waals surface area (Å²) in [4.78, 5) is 0. The van der Waals surface area contributed by atoms with E-state index in [4.69, 9.17) is 0 Å². The third-order valence-corrected chi connectivity index (χ3v) is 5.48. The Morgan fingerprint density at radius 1 is 1.32 bits per heavy atom. The summed E-state index contributed by atoms with van der Waals surface area (Å²) in [6, 6.07) is 0. The number of rotatable bonds is 7. The molecule has 0 amide bonds. The van der Waals surface area contributed by atoms with Crippen molar-refractivity contribution in [1.82, 2.24) is 9.62 Å². The lowest BCUT2D eigenvalue weighted by molar-refractivity contribution is 0.0601. The van der Waals surface area contributed by atoms with Gasteiger partial charge in [-0.25, -0.2) is 8.42 Å². The third kappa shape index (κ3) is 6.21. The van der Waals surface area contributed by atoms with E-state index >= 15 is 0 Å². The standard InChI is InChI=1S/C13H28N2O3S/c1-4-15(11-13(2,3)16)19(17,18)10-7-12-5-8-14-9-6-12/h12,14,16H,4-11H2,1-3H3. The first-order chi connectivity index (χ1) is 8.74. The van der Waals surface area contributed by atoms with Gasteiger partial charge in [-0.3, -0.25) is 0 Å². The van der Waals surface area contributed by atoms with Gasteiger partial charge in [0.25, 0.3) is 0 Å². The molecule has 0 aromatic heterocycles. The second-order valence-electron chi connectivity index (χ2n) is 6.04. The van der Waals surface area contributed by atoms with Crippen molar-refractivity contribution in [2.24, 2.45) is 5.92 Å². The molecule has 0 aromatic carbocycles. The molecule has 19 heavy (non-hydrogen) atoms. The van der Waals surface area contributed by atoms with Crippen LogP contribution >= 0.6 is 0 Å². The Morgan fingerprint density at radius 3 is 2.37 bits per heavy atom. The molecule has 5 nitrogen and oxygen atoms in total. The molecule has 1 saturated heterocycles. The summed E-state index contributed by atoms with van der Waals surface area (Å²) in [6.07, 6.45) is 2.85. The molecule has 0 unspecified atom stereocenters. The molecule has 0 radical (unpaired) electrons. The van der Waals surface area contributed by atoms with Gasteiger partial charge in [-0.05, 0) is 52.1 Å². The number of nitrogens with one attached hydrogen (secondary N) is 1. The SMILES string of the molecule is CCN(CC(C)(C)O)S(=O)(=O)CCC1CCNCC1. The number of nitrogens with zero attached hydrogens (tertiary/aromatic N) is 1. The van der Waals surface area contributed by atoms with Crippen molar-refractivity contribution < 1.29 is 13.5 Å². The lowest BCUT2D eigenvalue weighted by Gasteiger charge is -2.28. The monoisotopic (exact) mass is 292 g/mol. The average molecular weight is 292 g/mol. The van der Waals surface area contributed by atoms with Crippen LogP contribution in [0.15, 0.2) is 0 Å². The van der Waals surface area contributed by atoms with Crippen molar-refractivity contribution in [2.75, 3.05) is 31.9 Å². The molecule has 0 aromatic rings. The first kappa shape index (κ1) is 16.9. The van der Waals surface area contributed by atoms with Crippen LogP contribution in [-0.2, 0) is 10.0 Å². The van der Waals surface area contributed by atoms with Gasteiger partial charge >= 0.3 is 0 Å². The van der Waals surface area contributed by atoms with Crippen LogP contribution in [0.2, 0.25) is 0 Å². The zero-order valence-electron chi connectivity index (χ0n) is 12.4. The highest BCUT2D eigenvalue weighted by Crippen LogP contribution is 2.18. The molecule has 0 spiro atoms. The zero-order chi connectivity index (χ0) is 14.5. The molecule has 2 N–H and O–H groups in total. The Bertz CT molecular complexity index is 357. The molecule has 0 aliphatic carbocycles. The number of likely N-dealkylation sites (N-methyl/N-ethyl adjacent to an activating group) is 1. The molecule has 1 rings (SSSR count). The maximum Gasteiger partial charge on any atom is 0.214 e. The maximum absolute atomic E-state index is 12.3. The summed E-state index contributed by atoms with van der Waals surface area (Å²) in [7, 11) is -3.25. The van der Waals surface area contributed by atoms with E-state index in [0.717, 1.165) is 32.4 Å². The fraction of sp³-hybridized carbons (Fsp3) is 1.00. The molecule has 1 heterocycles. The fourth-order valence-corrected chi connectivity index (χ4v) is 4.25. The van der Waals surface area contributed by atoms with Gasteiger partial charge in [-0.2, -0.15) is 4.31 Å². The van der Waals surface area contributed by atoms with Crippen LogP contribution in [0.25, 0.3) is 0 Å². The van der Waals surface area contributed by atoms with Crippen LogP contribution in [0.4, 0.5) is 0 Å².